The first-order valence-corrected chi connectivity index (χ1v) is 11.4. The number of para-hydroxylation sites is 1. The summed E-state index contributed by atoms with van der Waals surface area (Å²) in [6.45, 7) is -0.0605. The third kappa shape index (κ3) is 5.18. The Morgan fingerprint density at radius 1 is 1.07 bits per heavy atom. The van der Waals surface area contributed by atoms with Crippen molar-refractivity contribution in [2.45, 2.75) is 24.3 Å². The van der Waals surface area contributed by atoms with Gasteiger partial charge in [0.15, 0.2) is 14.6 Å². The van der Waals surface area contributed by atoms with Crippen LogP contribution in [0.3, 0.4) is 0 Å². The molecule has 1 aromatic heterocycles. The predicted molar refractivity (Wildman–Crippen MR) is 110 cm³/mol. The molecular formula is C20H20N2O5S2. The second kappa shape index (κ2) is 9.15. The summed E-state index contributed by atoms with van der Waals surface area (Å²) in [7, 11) is -2.14. The van der Waals surface area contributed by atoms with Gasteiger partial charge in [-0.25, -0.2) is 8.42 Å². The van der Waals surface area contributed by atoms with Gasteiger partial charge in [0.05, 0.1) is 28.0 Å². The Labute approximate surface area is 172 Å². The normalized spacial score (nSPS) is 12.2. The van der Waals surface area contributed by atoms with Crippen LogP contribution >= 0.6 is 11.3 Å². The fraction of sp³-hybridized carbons (Fsp3) is 0.250. The van der Waals surface area contributed by atoms with Crippen molar-refractivity contribution < 1.29 is 22.7 Å². The molecule has 0 bridgehead atoms. The first-order chi connectivity index (χ1) is 13.9. The van der Waals surface area contributed by atoms with Gasteiger partial charge in [0.25, 0.3) is 0 Å². The first-order valence-electron chi connectivity index (χ1n) is 8.91. The topological polar surface area (TPSA) is 94.8 Å². The fourth-order valence-electron chi connectivity index (χ4n) is 2.77. The molecule has 0 radical (unpaired) electrons. The van der Waals surface area contributed by atoms with Crippen LogP contribution in [0.1, 0.15) is 12.8 Å². The zero-order chi connectivity index (χ0) is 20.9. The molecular weight excluding hydrogens is 412 g/mol. The van der Waals surface area contributed by atoms with Crippen molar-refractivity contribution in [3.05, 3.63) is 59.4 Å². The molecule has 0 atom stereocenters. The molecule has 152 valence electrons. The van der Waals surface area contributed by atoms with Crippen LogP contribution in [0.15, 0.2) is 64.5 Å². The molecule has 0 aliphatic carbocycles. The smallest absolute Gasteiger partial charge is 0.325 e. The molecule has 0 aliphatic rings. The Hall–Kier alpha value is -2.78. The number of ether oxygens (including phenoxy) is 1. The maximum absolute atomic E-state index is 12.3. The Kier molecular flexibility index (Phi) is 6.60. The van der Waals surface area contributed by atoms with Crippen molar-refractivity contribution in [2.75, 3.05) is 12.9 Å². The van der Waals surface area contributed by atoms with Crippen LogP contribution in [0.4, 0.5) is 0 Å². The van der Waals surface area contributed by atoms with Gasteiger partial charge in [-0.05, 0) is 30.7 Å². The number of sulfone groups is 1. The number of hydrogen-bond donors (Lipinski definition) is 0. The van der Waals surface area contributed by atoms with Gasteiger partial charge in [-0.1, -0.05) is 41.7 Å². The minimum absolute atomic E-state index is 0.00146. The minimum atomic E-state index is -3.43. The number of fused-ring (bicyclic) bond motifs is 1. The fourth-order valence-corrected chi connectivity index (χ4v) is 5.15. The molecule has 3 rings (SSSR count). The molecule has 1 amide bonds. The largest absolute Gasteiger partial charge is 0.468 e. The molecule has 29 heavy (non-hydrogen) atoms. The highest BCUT2D eigenvalue weighted by Gasteiger charge is 2.15. The average molecular weight is 433 g/mol. The summed E-state index contributed by atoms with van der Waals surface area (Å²) in [6, 6.07) is 15.6. The molecule has 0 saturated carbocycles. The number of carbonyl (C=O) groups is 2. The molecule has 2 aromatic carbocycles. The molecule has 1 heterocycles. The second-order valence-corrected chi connectivity index (χ2v) is 9.37. The number of aromatic nitrogens is 1. The zero-order valence-corrected chi connectivity index (χ0v) is 17.4. The SMILES string of the molecule is COC(=O)Cn1c(=NC(=O)CCCS(=O)(=O)c2ccccc2)sc2ccccc21. The number of thiazole rings is 1. The summed E-state index contributed by atoms with van der Waals surface area (Å²) in [5.74, 6) is -1.01. The number of methoxy groups -OCH3 is 1. The van der Waals surface area contributed by atoms with Crippen LogP contribution in [0, 0.1) is 0 Å². The Balaban J connectivity index is 1.76. The van der Waals surface area contributed by atoms with E-state index in [0.717, 1.165) is 10.2 Å². The second-order valence-electron chi connectivity index (χ2n) is 6.26. The lowest BCUT2D eigenvalue weighted by Crippen LogP contribution is -2.22. The molecule has 9 heteroatoms. The van der Waals surface area contributed by atoms with Crippen molar-refractivity contribution >= 4 is 43.3 Å². The van der Waals surface area contributed by atoms with E-state index in [1.54, 1.807) is 22.8 Å². The van der Waals surface area contributed by atoms with Crippen LogP contribution in [-0.4, -0.2) is 37.7 Å². The van der Waals surface area contributed by atoms with Crippen molar-refractivity contribution in [1.82, 2.24) is 4.57 Å². The summed E-state index contributed by atoms with van der Waals surface area (Å²) in [6.07, 6.45) is 0.167. The number of amides is 1. The number of hydrogen-bond acceptors (Lipinski definition) is 6. The average Bonchev–Trinajstić information content (AvgIpc) is 3.05. The van der Waals surface area contributed by atoms with E-state index in [2.05, 4.69) is 4.99 Å². The van der Waals surface area contributed by atoms with Crippen molar-refractivity contribution in [3.63, 3.8) is 0 Å². The van der Waals surface area contributed by atoms with Gasteiger partial charge in [0, 0.05) is 6.42 Å². The summed E-state index contributed by atoms with van der Waals surface area (Å²) in [4.78, 5) is 28.8. The quantitative estimate of drug-likeness (QED) is 0.535. The van der Waals surface area contributed by atoms with E-state index in [1.807, 2.05) is 24.3 Å². The molecule has 0 N–H and O–H groups in total. The molecule has 0 unspecified atom stereocenters. The molecule has 0 saturated heterocycles. The van der Waals surface area contributed by atoms with Crippen LogP contribution in [0.2, 0.25) is 0 Å². The summed E-state index contributed by atoms with van der Waals surface area (Å²) in [5, 5.41) is 0. The van der Waals surface area contributed by atoms with Gasteiger partial charge in [-0.3, -0.25) is 9.59 Å². The maximum Gasteiger partial charge on any atom is 0.325 e. The minimum Gasteiger partial charge on any atom is -0.468 e. The van der Waals surface area contributed by atoms with Gasteiger partial charge in [-0.2, -0.15) is 4.99 Å². The van der Waals surface area contributed by atoms with Crippen LogP contribution in [0.25, 0.3) is 10.2 Å². The van der Waals surface area contributed by atoms with Gasteiger partial charge in [0.2, 0.25) is 5.91 Å². The highest BCUT2D eigenvalue weighted by molar-refractivity contribution is 7.91. The predicted octanol–water partition coefficient (Wildman–Crippen LogP) is 2.56. The number of rotatable bonds is 7. The molecule has 0 aliphatic heterocycles. The highest BCUT2D eigenvalue weighted by Crippen LogP contribution is 2.17. The first kappa shape index (κ1) is 20.9. The van der Waals surface area contributed by atoms with E-state index in [1.165, 1.54) is 30.6 Å². The van der Waals surface area contributed by atoms with Crippen molar-refractivity contribution in [2.24, 2.45) is 4.99 Å². The number of nitrogens with zero attached hydrogens (tertiary/aromatic N) is 2. The Bertz CT molecular complexity index is 1190. The zero-order valence-electron chi connectivity index (χ0n) is 15.8. The van der Waals surface area contributed by atoms with E-state index < -0.39 is 21.7 Å². The number of carbonyl (C=O) groups excluding carboxylic acids is 2. The molecule has 3 aromatic rings. The Morgan fingerprint density at radius 3 is 2.48 bits per heavy atom. The van der Waals surface area contributed by atoms with Crippen molar-refractivity contribution in [3.8, 4) is 0 Å². The van der Waals surface area contributed by atoms with E-state index in [9.17, 15) is 18.0 Å². The maximum atomic E-state index is 12.3. The third-order valence-electron chi connectivity index (χ3n) is 4.23. The van der Waals surface area contributed by atoms with E-state index in [4.69, 9.17) is 4.74 Å². The lowest BCUT2D eigenvalue weighted by molar-refractivity contribution is -0.141. The molecule has 7 nitrogen and oxygen atoms in total. The molecule has 0 fully saturated rings. The van der Waals surface area contributed by atoms with Gasteiger partial charge < -0.3 is 9.30 Å². The lowest BCUT2D eigenvalue weighted by atomic mass is 10.3. The number of esters is 1. The standard InChI is InChI=1S/C20H20N2O5S2/c1-27-19(24)14-22-16-10-5-6-11-17(16)28-20(22)21-18(23)12-7-13-29(25,26)15-8-3-2-4-9-15/h2-6,8-11H,7,12-14H2,1H3. The molecule has 0 spiro atoms. The van der Waals surface area contributed by atoms with E-state index >= 15 is 0 Å². The number of benzene rings is 2. The van der Waals surface area contributed by atoms with Crippen LogP contribution in [0.5, 0.6) is 0 Å². The van der Waals surface area contributed by atoms with Gasteiger partial charge >= 0.3 is 5.97 Å². The summed E-state index contributed by atoms with van der Waals surface area (Å²) < 4.78 is 31.8. The van der Waals surface area contributed by atoms with Gasteiger partial charge in [-0.15, -0.1) is 0 Å². The Morgan fingerprint density at radius 2 is 1.76 bits per heavy atom. The summed E-state index contributed by atoms with van der Waals surface area (Å²) in [5.41, 5.74) is 0.779. The van der Waals surface area contributed by atoms with E-state index in [-0.39, 0.29) is 30.0 Å². The monoisotopic (exact) mass is 432 g/mol. The van der Waals surface area contributed by atoms with E-state index in [0.29, 0.717) is 4.80 Å². The van der Waals surface area contributed by atoms with Gasteiger partial charge in [0.1, 0.15) is 6.54 Å². The summed E-state index contributed by atoms with van der Waals surface area (Å²) >= 11 is 1.29. The highest BCUT2D eigenvalue weighted by atomic mass is 32.2. The van der Waals surface area contributed by atoms with Crippen LogP contribution in [-0.2, 0) is 30.7 Å². The van der Waals surface area contributed by atoms with Crippen LogP contribution < -0.4 is 4.80 Å². The lowest BCUT2D eigenvalue weighted by Gasteiger charge is -2.04. The van der Waals surface area contributed by atoms with Crippen molar-refractivity contribution in [1.29, 1.82) is 0 Å². The third-order valence-corrected chi connectivity index (χ3v) is 7.11.